The van der Waals surface area contributed by atoms with E-state index in [4.69, 9.17) is 25.8 Å². The van der Waals surface area contributed by atoms with Crippen LogP contribution in [0.4, 0.5) is 0 Å². The average molecular weight is 288 g/mol. The number of carbonyl (C=O) groups is 1. The summed E-state index contributed by atoms with van der Waals surface area (Å²) in [6.45, 7) is 1.28. The molecule has 0 aliphatic heterocycles. The molecule has 5 nitrogen and oxygen atoms in total. The number of ether oxygens (including phenoxy) is 3. The Kier molecular flexibility index (Phi) is 7.07. The highest BCUT2D eigenvalue weighted by atomic mass is 35.5. The fourth-order valence-electron chi connectivity index (χ4n) is 1.56. The van der Waals surface area contributed by atoms with Crippen molar-refractivity contribution in [3.05, 3.63) is 23.8 Å². The van der Waals surface area contributed by atoms with Crippen molar-refractivity contribution >= 4 is 17.5 Å². The first-order chi connectivity index (χ1) is 9.24. The first kappa shape index (κ1) is 15.6. The normalized spacial score (nSPS) is 10.1. The first-order valence-corrected chi connectivity index (χ1v) is 6.41. The number of alkyl halides is 1. The van der Waals surface area contributed by atoms with E-state index in [1.54, 1.807) is 18.2 Å². The molecule has 0 radical (unpaired) electrons. The van der Waals surface area contributed by atoms with Gasteiger partial charge in [-0.1, -0.05) is 6.07 Å². The van der Waals surface area contributed by atoms with Crippen LogP contribution in [0.5, 0.6) is 11.5 Å². The lowest BCUT2D eigenvalue weighted by atomic mass is 10.1. The first-order valence-electron chi connectivity index (χ1n) is 5.87. The van der Waals surface area contributed by atoms with E-state index in [2.05, 4.69) is 5.32 Å². The molecule has 0 saturated heterocycles. The number of halogens is 1. The zero-order valence-corrected chi connectivity index (χ0v) is 11.8. The highest BCUT2D eigenvalue weighted by Crippen LogP contribution is 2.27. The molecule has 1 aromatic rings. The molecule has 0 atom stereocenters. The maximum atomic E-state index is 12.1. The lowest BCUT2D eigenvalue weighted by Gasteiger charge is -2.12. The third kappa shape index (κ3) is 4.61. The van der Waals surface area contributed by atoms with E-state index in [1.807, 2.05) is 0 Å². The van der Waals surface area contributed by atoms with Gasteiger partial charge in [0.05, 0.1) is 27.4 Å². The van der Waals surface area contributed by atoms with Crippen LogP contribution in [-0.2, 0) is 4.74 Å². The molecule has 106 valence electrons. The number of hydrogen-bond donors (Lipinski definition) is 1. The van der Waals surface area contributed by atoms with Gasteiger partial charge in [0, 0.05) is 12.4 Å². The van der Waals surface area contributed by atoms with Gasteiger partial charge in [-0.3, -0.25) is 4.79 Å². The Morgan fingerprint density at radius 2 is 1.84 bits per heavy atom. The van der Waals surface area contributed by atoms with Crippen molar-refractivity contribution < 1.29 is 19.0 Å². The number of nitrogens with one attached hydrogen (secondary N) is 1. The van der Waals surface area contributed by atoms with Crippen LogP contribution >= 0.6 is 11.6 Å². The largest absolute Gasteiger partial charge is 0.496 e. The molecule has 0 bridgehead atoms. The number of carbonyl (C=O) groups excluding carboxylic acids is 1. The fraction of sp³-hybridized carbons (Fsp3) is 0.462. The van der Waals surface area contributed by atoms with Gasteiger partial charge in [-0.25, -0.2) is 0 Å². The predicted molar refractivity (Wildman–Crippen MR) is 73.4 cm³/mol. The number of hydrogen-bond acceptors (Lipinski definition) is 4. The van der Waals surface area contributed by atoms with Gasteiger partial charge in [-0.05, 0) is 12.1 Å². The van der Waals surface area contributed by atoms with Crippen LogP contribution in [0.3, 0.4) is 0 Å². The molecule has 0 heterocycles. The van der Waals surface area contributed by atoms with E-state index in [0.717, 1.165) is 0 Å². The highest BCUT2D eigenvalue weighted by Gasteiger charge is 2.17. The lowest BCUT2D eigenvalue weighted by molar-refractivity contribution is 0.0917. The Balaban J connectivity index is 2.65. The van der Waals surface area contributed by atoms with Crippen molar-refractivity contribution in [1.82, 2.24) is 5.32 Å². The lowest BCUT2D eigenvalue weighted by Crippen LogP contribution is -2.28. The van der Waals surface area contributed by atoms with Crippen LogP contribution in [0, 0.1) is 0 Å². The minimum atomic E-state index is -0.260. The summed E-state index contributed by atoms with van der Waals surface area (Å²) in [6.07, 6.45) is 0. The van der Waals surface area contributed by atoms with Crippen LogP contribution in [0.15, 0.2) is 18.2 Å². The van der Waals surface area contributed by atoms with Gasteiger partial charge < -0.3 is 19.5 Å². The van der Waals surface area contributed by atoms with E-state index in [0.29, 0.717) is 42.7 Å². The summed E-state index contributed by atoms with van der Waals surface area (Å²) in [6, 6.07) is 5.18. The molecule has 1 rings (SSSR count). The van der Waals surface area contributed by atoms with Gasteiger partial charge in [0.2, 0.25) is 0 Å². The van der Waals surface area contributed by atoms with Crippen molar-refractivity contribution in [3.8, 4) is 11.5 Å². The van der Waals surface area contributed by atoms with Gasteiger partial charge in [0.15, 0.2) is 0 Å². The summed E-state index contributed by atoms with van der Waals surface area (Å²) in [4.78, 5) is 12.1. The molecular weight excluding hydrogens is 270 g/mol. The maximum Gasteiger partial charge on any atom is 0.258 e. The van der Waals surface area contributed by atoms with Crippen LogP contribution in [0.2, 0.25) is 0 Å². The Labute approximate surface area is 117 Å². The van der Waals surface area contributed by atoms with E-state index in [-0.39, 0.29) is 5.91 Å². The summed E-state index contributed by atoms with van der Waals surface area (Å²) in [5.74, 6) is 1.12. The summed E-state index contributed by atoms with van der Waals surface area (Å²) < 4.78 is 15.5. The van der Waals surface area contributed by atoms with Gasteiger partial charge in [0.1, 0.15) is 17.1 Å². The van der Waals surface area contributed by atoms with Gasteiger partial charge in [-0.2, -0.15) is 0 Å². The quantitative estimate of drug-likeness (QED) is 0.584. The number of benzene rings is 1. The van der Waals surface area contributed by atoms with Gasteiger partial charge >= 0.3 is 0 Å². The van der Waals surface area contributed by atoms with Crippen molar-refractivity contribution in [3.63, 3.8) is 0 Å². The van der Waals surface area contributed by atoms with Crippen LogP contribution < -0.4 is 14.8 Å². The number of rotatable bonds is 8. The van der Waals surface area contributed by atoms with Crippen molar-refractivity contribution in [2.45, 2.75) is 0 Å². The van der Waals surface area contributed by atoms with Gasteiger partial charge in [0.25, 0.3) is 5.91 Å². The monoisotopic (exact) mass is 287 g/mol. The molecule has 19 heavy (non-hydrogen) atoms. The summed E-state index contributed by atoms with van der Waals surface area (Å²) in [5.41, 5.74) is 0.379. The molecule has 0 aliphatic carbocycles. The molecule has 0 fully saturated rings. The predicted octanol–water partition coefficient (Wildman–Crippen LogP) is 1.69. The molecule has 0 unspecified atom stereocenters. The van der Waals surface area contributed by atoms with Crippen LogP contribution in [-0.4, -0.2) is 45.8 Å². The third-order valence-electron chi connectivity index (χ3n) is 2.41. The Morgan fingerprint density at radius 1 is 1.21 bits per heavy atom. The van der Waals surface area contributed by atoms with Gasteiger partial charge in [-0.15, -0.1) is 11.6 Å². The molecule has 0 aromatic heterocycles. The van der Waals surface area contributed by atoms with Crippen molar-refractivity contribution in [1.29, 1.82) is 0 Å². The third-order valence-corrected chi connectivity index (χ3v) is 2.56. The SMILES string of the molecule is COc1cccc(OC)c1C(=O)NCCOCCCl. The zero-order valence-electron chi connectivity index (χ0n) is 11.1. The smallest absolute Gasteiger partial charge is 0.258 e. The van der Waals surface area contributed by atoms with Crippen LogP contribution in [0.25, 0.3) is 0 Å². The fourth-order valence-corrected chi connectivity index (χ4v) is 1.67. The number of methoxy groups -OCH3 is 2. The van der Waals surface area contributed by atoms with Crippen molar-refractivity contribution in [2.24, 2.45) is 0 Å². The minimum Gasteiger partial charge on any atom is -0.496 e. The summed E-state index contributed by atoms with van der Waals surface area (Å²) in [5, 5.41) is 2.74. The minimum absolute atomic E-state index is 0.260. The Morgan fingerprint density at radius 3 is 2.37 bits per heavy atom. The molecule has 0 spiro atoms. The molecule has 0 saturated carbocycles. The standard InChI is InChI=1S/C13H18ClNO4/c1-17-10-4-3-5-11(18-2)12(10)13(16)15-7-9-19-8-6-14/h3-5H,6-9H2,1-2H3,(H,15,16). The average Bonchev–Trinajstić information content (AvgIpc) is 2.45. The van der Waals surface area contributed by atoms with E-state index < -0.39 is 0 Å². The molecule has 1 amide bonds. The summed E-state index contributed by atoms with van der Waals surface area (Å²) >= 11 is 5.47. The topological polar surface area (TPSA) is 56.8 Å². The second-order valence-corrected chi connectivity index (χ2v) is 3.97. The molecular formula is C13H18ClNO4. The second-order valence-electron chi connectivity index (χ2n) is 3.59. The second kappa shape index (κ2) is 8.61. The summed E-state index contributed by atoms with van der Waals surface area (Å²) in [7, 11) is 3.02. The Bertz CT molecular complexity index is 389. The van der Waals surface area contributed by atoms with Crippen LogP contribution in [0.1, 0.15) is 10.4 Å². The molecule has 6 heteroatoms. The molecule has 0 aliphatic rings. The van der Waals surface area contributed by atoms with Crippen molar-refractivity contribution in [2.75, 3.05) is 39.9 Å². The molecule has 1 N–H and O–H groups in total. The Hall–Kier alpha value is -1.46. The highest BCUT2D eigenvalue weighted by molar-refractivity contribution is 6.17. The van der Waals surface area contributed by atoms with E-state index in [9.17, 15) is 4.79 Å². The zero-order chi connectivity index (χ0) is 14.1. The number of amides is 1. The van der Waals surface area contributed by atoms with E-state index >= 15 is 0 Å². The maximum absolute atomic E-state index is 12.1. The molecule has 1 aromatic carbocycles. The van der Waals surface area contributed by atoms with E-state index in [1.165, 1.54) is 14.2 Å².